The molecule has 0 heterocycles. The first kappa shape index (κ1) is 12.3. The number of phosphoric ester groups is 1. The van der Waals surface area contributed by atoms with Gasteiger partial charge < -0.3 is 9.79 Å². The van der Waals surface area contributed by atoms with Crippen LogP contribution in [0.1, 0.15) is 6.92 Å². The largest absolute Gasteiger partial charge is 0.483 e. The number of hydrogen-bond donors (Lipinski definition) is 2. The van der Waals surface area contributed by atoms with E-state index in [1.165, 1.54) is 6.92 Å². The molecule has 0 saturated heterocycles. The van der Waals surface area contributed by atoms with Crippen LogP contribution in [-0.4, -0.2) is 23.5 Å². The van der Waals surface area contributed by atoms with Gasteiger partial charge in [-0.05, 0) is 6.92 Å². The van der Waals surface area contributed by atoms with E-state index in [9.17, 15) is 9.13 Å². The van der Waals surface area contributed by atoms with Crippen molar-refractivity contribution in [3.05, 3.63) is 0 Å². The third-order valence-electron chi connectivity index (χ3n) is 0.717. The highest BCUT2D eigenvalue weighted by atomic mass is 31.3. The summed E-state index contributed by atoms with van der Waals surface area (Å²) < 4.78 is 33.6. The summed E-state index contributed by atoms with van der Waals surface area (Å²) >= 11 is 0. The summed E-state index contributed by atoms with van der Waals surface area (Å²) in [4.78, 5) is 16.5. The van der Waals surface area contributed by atoms with Gasteiger partial charge in [-0.15, -0.1) is 0 Å². The van der Waals surface area contributed by atoms with Gasteiger partial charge in [0.05, 0.1) is 6.61 Å². The third-order valence-corrected chi connectivity index (χ3v) is 3.39. The molecule has 0 bridgehead atoms. The molecular formula is C3H10O7P2. The lowest BCUT2D eigenvalue weighted by Crippen LogP contribution is -1.95. The highest BCUT2D eigenvalue weighted by Crippen LogP contribution is 2.60. The Morgan fingerprint density at radius 2 is 1.83 bits per heavy atom. The summed E-state index contributed by atoms with van der Waals surface area (Å²) in [5.74, 6) is 0. The molecule has 0 radical (unpaired) electrons. The van der Waals surface area contributed by atoms with Crippen molar-refractivity contribution in [2.75, 3.05) is 13.7 Å². The lowest BCUT2D eigenvalue weighted by Gasteiger charge is -2.14. The lowest BCUT2D eigenvalue weighted by atomic mass is 10.9. The van der Waals surface area contributed by atoms with Crippen LogP contribution in [0.25, 0.3) is 0 Å². The van der Waals surface area contributed by atoms with Gasteiger partial charge in [0, 0.05) is 7.11 Å². The Morgan fingerprint density at radius 1 is 1.33 bits per heavy atom. The minimum atomic E-state index is -4.85. The fourth-order valence-electron chi connectivity index (χ4n) is 0.398. The molecule has 0 fully saturated rings. The first-order valence-corrected chi connectivity index (χ1v) is 5.89. The number of rotatable bonds is 5. The molecule has 0 aromatic carbocycles. The van der Waals surface area contributed by atoms with Crippen molar-refractivity contribution in [3.8, 4) is 0 Å². The van der Waals surface area contributed by atoms with Crippen LogP contribution in [-0.2, 0) is 22.5 Å². The average Bonchev–Trinajstić information content (AvgIpc) is 1.84. The fourth-order valence-corrected chi connectivity index (χ4v) is 2.32. The van der Waals surface area contributed by atoms with E-state index in [1.54, 1.807) is 0 Å². The van der Waals surface area contributed by atoms with E-state index in [0.29, 0.717) is 0 Å². The molecule has 0 aromatic rings. The average molecular weight is 220 g/mol. The highest BCUT2D eigenvalue weighted by molar-refractivity contribution is 7.61. The molecule has 12 heavy (non-hydrogen) atoms. The zero-order chi connectivity index (χ0) is 9.83. The van der Waals surface area contributed by atoms with Gasteiger partial charge >= 0.3 is 15.6 Å². The van der Waals surface area contributed by atoms with E-state index in [-0.39, 0.29) is 6.61 Å². The van der Waals surface area contributed by atoms with Crippen LogP contribution in [0, 0.1) is 0 Å². The monoisotopic (exact) mass is 220 g/mol. The molecule has 0 aromatic heterocycles. The van der Waals surface area contributed by atoms with Crippen LogP contribution >= 0.6 is 15.6 Å². The molecule has 0 spiro atoms. The third kappa shape index (κ3) is 5.00. The minimum Gasteiger partial charge on any atom is -0.302 e. The quantitative estimate of drug-likeness (QED) is 0.663. The molecular weight excluding hydrogens is 210 g/mol. The van der Waals surface area contributed by atoms with Gasteiger partial charge in [-0.2, -0.15) is 4.31 Å². The summed E-state index contributed by atoms with van der Waals surface area (Å²) in [6.45, 7) is 1.44. The van der Waals surface area contributed by atoms with Gasteiger partial charge in [0.2, 0.25) is 0 Å². The molecule has 0 aliphatic heterocycles. The van der Waals surface area contributed by atoms with Crippen molar-refractivity contribution >= 4 is 15.6 Å². The second-order valence-electron chi connectivity index (χ2n) is 1.62. The molecule has 74 valence electrons. The smallest absolute Gasteiger partial charge is 0.302 e. The molecule has 0 saturated carbocycles. The Balaban J connectivity index is 4.35. The Morgan fingerprint density at radius 3 is 2.08 bits per heavy atom. The number of hydrogen-bond acceptors (Lipinski definition) is 5. The zero-order valence-electron chi connectivity index (χ0n) is 6.54. The van der Waals surface area contributed by atoms with Gasteiger partial charge in [-0.3, -0.25) is 9.05 Å². The van der Waals surface area contributed by atoms with E-state index >= 15 is 0 Å². The Labute approximate surface area is 69.5 Å². The van der Waals surface area contributed by atoms with Gasteiger partial charge in [-0.25, -0.2) is 9.13 Å². The minimum absolute atomic E-state index is 0.0366. The first-order valence-electron chi connectivity index (χ1n) is 2.90. The molecule has 1 atom stereocenters. The predicted molar refractivity (Wildman–Crippen MR) is 39.4 cm³/mol. The van der Waals surface area contributed by atoms with Crippen LogP contribution in [0.3, 0.4) is 0 Å². The second kappa shape index (κ2) is 4.48. The molecule has 9 heteroatoms. The highest BCUT2D eigenvalue weighted by Gasteiger charge is 2.34. The van der Waals surface area contributed by atoms with Crippen LogP contribution in [0.2, 0.25) is 0 Å². The van der Waals surface area contributed by atoms with Gasteiger partial charge in [-0.1, -0.05) is 0 Å². The van der Waals surface area contributed by atoms with Crippen LogP contribution in [0.15, 0.2) is 0 Å². The van der Waals surface area contributed by atoms with Gasteiger partial charge in [0.25, 0.3) is 0 Å². The Bertz CT molecular complexity index is 219. The van der Waals surface area contributed by atoms with Crippen molar-refractivity contribution in [3.63, 3.8) is 0 Å². The molecule has 1 unspecified atom stereocenters. The maximum atomic E-state index is 11.0. The summed E-state index contributed by atoms with van der Waals surface area (Å²) in [5.41, 5.74) is 0. The summed E-state index contributed by atoms with van der Waals surface area (Å²) in [6, 6.07) is 0. The SMILES string of the molecule is CCOP(=O)(OC)OP(=O)(O)O. The van der Waals surface area contributed by atoms with Gasteiger partial charge in [0.15, 0.2) is 0 Å². The maximum Gasteiger partial charge on any atom is 0.483 e. The van der Waals surface area contributed by atoms with Crippen molar-refractivity contribution in [1.82, 2.24) is 0 Å². The topological polar surface area (TPSA) is 102 Å². The van der Waals surface area contributed by atoms with E-state index < -0.39 is 15.6 Å². The summed E-state index contributed by atoms with van der Waals surface area (Å²) in [6.07, 6.45) is 0. The van der Waals surface area contributed by atoms with Gasteiger partial charge in [0.1, 0.15) is 0 Å². The Hall–Kier alpha value is 0.260. The van der Waals surface area contributed by atoms with Crippen LogP contribution in [0.5, 0.6) is 0 Å². The number of phosphoric acid groups is 2. The van der Waals surface area contributed by atoms with Crippen molar-refractivity contribution in [1.29, 1.82) is 0 Å². The van der Waals surface area contributed by atoms with Crippen LogP contribution < -0.4 is 0 Å². The maximum absolute atomic E-state index is 11.0. The molecule has 0 aliphatic rings. The van der Waals surface area contributed by atoms with E-state index in [2.05, 4.69) is 13.4 Å². The second-order valence-corrected chi connectivity index (χ2v) is 4.77. The summed E-state index contributed by atoms with van der Waals surface area (Å²) in [7, 11) is -7.97. The first-order chi connectivity index (χ1) is 5.33. The molecule has 7 nitrogen and oxygen atoms in total. The van der Waals surface area contributed by atoms with Crippen molar-refractivity contribution in [2.24, 2.45) is 0 Å². The standard InChI is InChI=1S/C3H10O7P2/c1-3-9-12(7,8-2)10-11(4,5)6/h3H2,1-2H3,(H2,4,5,6). The van der Waals surface area contributed by atoms with Crippen molar-refractivity contribution in [2.45, 2.75) is 6.92 Å². The Kier molecular flexibility index (Phi) is 4.58. The molecule has 0 aliphatic carbocycles. The van der Waals surface area contributed by atoms with E-state index in [1.807, 2.05) is 0 Å². The van der Waals surface area contributed by atoms with E-state index in [4.69, 9.17) is 9.79 Å². The van der Waals surface area contributed by atoms with Crippen LogP contribution in [0.4, 0.5) is 0 Å². The summed E-state index contributed by atoms with van der Waals surface area (Å²) in [5, 5.41) is 0. The van der Waals surface area contributed by atoms with Crippen molar-refractivity contribution < 1.29 is 32.3 Å². The normalized spacial score (nSPS) is 17.3. The molecule has 0 amide bonds. The predicted octanol–water partition coefficient (Wildman–Crippen LogP) is 0.887. The van der Waals surface area contributed by atoms with E-state index in [0.717, 1.165) is 7.11 Å². The molecule has 2 N–H and O–H groups in total. The fraction of sp³-hybridized carbons (Fsp3) is 1.00. The zero-order valence-corrected chi connectivity index (χ0v) is 8.33. The molecule has 0 rings (SSSR count). The lowest BCUT2D eigenvalue weighted by molar-refractivity contribution is 0.165.